The van der Waals surface area contributed by atoms with Gasteiger partial charge in [0.15, 0.2) is 5.58 Å². The van der Waals surface area contributed by atoms with Gasteiger partial charge in [0.1, 0.15) is 11.3 Å². The number of hydrogen-bond acceptors (Lipinski definition) is 4. The van der Waals surface area contributed by atoms with Gasteiger partial charge in [0.2, 0.25) is 5.89 Å². The summed E-state index contributed by atoms with van der Waals surface area (Å²) in [6, 6.07) is 18.0. The summed E-state index contributed by atoms with van der Waals surface area (Å²) in [6.45, 7) is 0. The molecule has 1 aromatic heterocycles. The zero-order valence-electron chi connectivity index (χ0n) is 13.4. The van der Waals surface area contributed by atoms with E-state index in [1.807, 2.05) is 24.3 Å². The molecule has 0 amide bonds. The fourth-order valence-electron chi connectivity index (χ4n) is 2.52. The molecule has 3 aromatic carbocycles. The Morgan fingerprint density at radius 2 is 1.92 bits per heavy atom. The minimum atomic E-state index is 0.157. The van der Waals surface area contributed by atoms with Gasteiger partial charge in [0, 0.05) is 16.3 Å². The highest BCUT2D eigenvalue weighted by atomic mass is 79.9. The average Bonchev–Trinajstić information content (AvgIpc) is 3.07. The van der Waals surface area contributed by atoms with E-state index in [1.54, 1.807) is 42.6 Å². The third-order valence-corrected chi connectivity index (χ3v) is 4.64. The van der Waals surface area contributed by atoms with Gasteiger partial charge in [-0.2, -0.15) is 0 Å². The second-order valence-corrected chi connectivity index (χ2v) is 6.94. The van der Waals surface area contributed by atoms with Gasteiger partial charge in [-0.25, -0.2) is 4.98 Å². The van der Waals surface area contributed by atoms with E-state index in [0.717, 1.165) is 9.99 Å². The predicted molar refractivity (Wildman–Crippen MR) is 108 cm³/mol. The molecule has 4 rings (SSSR count). The SMILES string of the molecule is Oc1ccc(Br)cc1C=Nc1ccc(Cl)c(-c2nc3ccccc3o2)c1. The molecule has 0 saturated heterocycles. The van der Waals surface area contributed by atoms with Crippen LogP contribution >= 0.6 is 27.5 Å². The van der Waals surface area contributed by atoms with Crippen molar-refractivity contribution in [3.8, 4) is 17.2 Å². The Labute approximate surface area is 162 Å². The third-order valence-electron chi connectivity index (χ3n) is 3.82. The van der Waals surface area contributed by atoms with E-state index in [1.165, 1.54) is 0 Å². The lowest BCUT2D eigenvalue weighted by atomic mass is 10.2. The fourth-order valence-corrected chi connectivity index (χ4v) is 3.09. The van der Waals surface area contributed by atoms with Crippen molar-refractivity contribution in [3.63, 3.8) is 0 Å². The third kappa shape index (κ3) is 3.36. The van der Waals surface area contributed by atoms with E-state index >= 15 is 0 Å². The molecule has 0 spiro atoms. The Bertz CT molecular complexity index is 1100. The zero-order chi connectivity index (χ0) is 18.1. The van der Waals surface area contributed by atoms with Gasteiger partial charge in [-0.05, 0) is 48.5 Å². The first kappa shape index (κ1) is 16.8. The minimum absolute atomic E-state index is 0.157. The van der Waals surface area contributed by atoms with Crippen molar-refractivity contribution in [2.24, 2.45) is 4.99 Å². The largest absolute Gasteiger partial charge is 0.507 e. The van der Waals surface area contributed by atoms with Crippen LogP contribution in [0.4, 0.5) is 5.69 Å². The van der Waals surface area contributed by atoms with E-state index < -0.39 is 0 Å². The Hall–Kier alpha value is -2.63. The number of nitrogens with zero attached hydrogens (tertiary/aromatic N) is 2. The van der Waals surface area contributed by atoms with Crippen molar-refractivity contribution in [1.29, 1.82) is 0 Å². The summed E-state index contributed by atoms with van der Waals surface area (Å²) in [6.07, 6.45) is 1.60. The first-order chi connectivity index (χ1) is 12.6. The van der Waals surface area contributed by atoms with Crippen LogP contribution in [0.25, 0.3) is 22.6 Å². The molecule has 0 aliphatic heterocycles. The molecule has 0 aliphatic rings. The van der Waals surface area contributed by atoms with E-state index in [-0.39, 0.29) is 5.75 Å². The van der Waals surface area contributed by atoms with Gasteiger partial charge in [-0.3, -0.25) is 4.99 Å². The number of phenolic OH excluding ortho intramolecular Hbond substituents is 1. The highest BCUT2D eigenvalue weighted by Gasteiger charge is 2.12. The number of para-hydroxylation sites is 2. The van der Waals surface area contributed by atoms with Gasteiger partial charge in [0.05, 0.1) is 16.3 Å². The number of aliphatic imine (C=N–C) groups is 1. The molecule has 4 aromatic rings. The number of hydrogen-bond donors (Lipinski definition) is 1. The van der Waals surface area contributed by atoms with Crippen molar-refractivity contribution in [2.75, 3.05) is 0 Å². The number of benzene rings is 3. The van der Waals surface area contributed by atoms with Crippen molar-refractivity contribution >= 4 is 50.5 Å². The fraction of sp³-hybridized carbons (Fsp3) is 0. The molecule has 0 atom stereocenters. The molecule has 0 saturated carbocycles. The maximum atomic E-state index is 9.91. The first-order valence-corrected chi connectivity index (χ1v) is 8.95. The van der Waals surface area contributed by atoms with Gasteiger partial charge in [-0.1, -0.05) is 39.7 Å². The van der Waals surface area contributed by atoms with Crippen molar-refractivity contribution < 1.29 is 9.52 Å². The summed E-state index contributed by atoms with van der Waals surface area (Å²) < 4.78 is 6.66. The molecule has 0 fully saturated rings. The number of phenols is 1. The second kappa shape index (κ2) is 6.94. The van der Waals surface area contributed by atoms with Gasteiger partial charge in [0.25, 0.3) is 0 Å². The molecule has 1 N–H and O–H groups in total. The summed E-state index contributed by atoms with van der Waals surface area (Å²) in [7, 11) is 0. The molecule has 0 radical (unpaired) electrons. The van der Waals surface area contributed by atoms with Crippen LogP contribution in [0.1, 0.15) is 5.56 Å². The number of fused-ring (bicyclic) bond motifs is 1. The standard InChI is InChI=1S/C20H12BrClN2O2/c21-13-5-8-18(25)12(9-13)11-23-14-6-7-16(22)15(10-14)20-24-17-3-1-2-4-19(17)26-20/h1-11,25H. The molecule has 4 nitrogen and oxygen atoms in total. The second-order valence-electron chi connectivity index (χ2n) is 5.61. The van der Waals surface area contributed by atoms with E-state index in [2.05, 4.69) is 25.9 Å². The van der Waals surface area contributed by atoms with Crippen molar-refractivity contribution in [3.05, 3.63) is 75.7 Å². The van der Waals surface area contributed by atoms with E-state index in [0.29, 0.717) is 33.3 Å². The zero-order valence-corrected chi connectivity index (χ0v) is 15.7. The lowest BCUT2D eigenvalue weighted by molar-refractivity contribution is 0.474. The Morgan fingerprint density at radius 3 is 2.77 bits per heavy atom. The molecule has 26 heavy (non-hydrogen) atoms. The quantitative estimate of drug-likeness (QED) is 0.387. The molecule has 128 valence electrons. The van der Waals surface area contributed by atoms with Crippen LogP contribution in [0.2, 0.25) is 5.02 Å². The molecule has 1 heterocycles. The lowest BCUT2D eigenvalue weighted by Crippen LogP contribution is -1.83. The normalized spacial score (nSPS) is 11.5. The Morgan fingerprint density at radius 1 is 1.08 bits per heavy atom. The average molecular weight is 428 g/mol. The van der Waals surface area contributed by atoms with Crippen LogP contribution in [0, 0.1) is 0 Å². The van der Waals surface area contributed by atoms with Crippen LogP contribution in [0.15, 0.2) is 74.5 Å². The summed E-state index contributed by atoms with van der Waals surface area (Å²) >= 11 is 9.70. The Kier molecular flexibility index (Phi) is 4.49. The monoisotopic (exact) mass is 426 g/mol. The predicted octanol–water partition coefficient (Wildman–Crippen LogP) is 6.37. The van der Waals surface area contributed by atoms with E-state index in [9.17, 15) is 5.11 Å². The number of aromatic hydroxyl groups is 1. The van der Waals surface area contributed by atoms with Crippen molar-refractivity contribution in [2.45, 2.75) is 0 Å². The van der Waals surface area contributed by atoms with Crippen LogP contribution < -0.4 is 0 Å². The maximum Gasteiger partial charge on any atom is 0.228 e. The molecule has 0 bridgehead atoms. The van der Waals surface area contributed by atoms with Gasteiger partial charge < -0.3 is 9.52 Å². The molecule has 6 heteroatoms. The smallest absolute Gasteiger partial charge is 0.228 e. The molecular formula is C20H12BrClN2O2. The maximum absolute atomic E-state index is 9.91. The van der Waals surface area contributed by atoms with Crippen LogP contribution in [-0.4, -0.2) is 16.3 Å². The highest BCUT2D eigenvalue weighted by Crippen LogP contribution is 2.33. The molecular weight excluding hydrogens is 416 g/mol. The summed E-state index contributed by atoms with van der Waals surface area (Å²) in [5.74, 6) is 0.601. The van der Waals surface area contributed by atoms with Crippen molar-refractivity contribution in [1.82, 2.24) is 4.98 Å². The van der Waals surface area contributed by atoms with Gasteiger partial charge in [-0.15, -0.1) is 0 Å². The minimum Gasteiger partial charge on any atom is -0.507 e. The molecule has 0 aliphatic carbocycles. The first-order valence-electron chi connectivity index (χ1n) is 7.78. The highest BCUT2D eigenvalue weighted by molar-refractivity contribution is 9.10. The van der Waals surface area contributed by atoms with E-state index in [4.69, 9.17) is 16.0 Å². The van der Waals surface area contributed by atoms with Crippen LogP contribution in [0.3, 0.4) is 0 Å². The summed E-state index contributed by atoms with van der Waals surface area (Å²) in [4.78, 5) is 8.91. The van der Waals surface area contributed by atoms with Gasteiger partial charge >= 0.3 is 0 Å². The number of rotatable bonds is 3. The lowest BCUT2D eigenvalue weighted by Gasteiger charge is -2.02. The molecule has 0 unspecified atom stereocenters. The number of aromatic nitrogens is 1. The Balaban J connectivity index is 1.72. The van der Waals surface area contributed by atoms with Crippen LogP contribution in [0.5, 0.6) is 5.75 Å². The topological polar surface area (TPSA) is 58.6 Å². The summed E-state index contributed by atoms with van der Waals surface area (Å²) in [5, 5.41) is 10.4. The number of oxazole rings is 1. The van der Waals surface area contributed by atoms with Crippen LogP contribution in [-0.2, 0) is 0 Å². The number of halogens is 2. The summed E-state index contributed by atoms with van der Waals surface area (Å²) in [5.41, 5.74) is 3.41.